The average molecular weight is 383 g/mol. The van der Waals surface area contributed by atoms with Crippen molar-refractivity contribution in [2.75, 3.05) is 0 Å². The van der Waals surface area contributed by atoms with Crippen LogP contribution in [0.2, 0.25) is 5.15 Å². The van der Waals surface area contributed by atoms with Crippen molar-refractivity contribution in [1.82, 2.24) is 24.7 Å². The highest BCUT2D eigenvalue weighted by atomic mass is 35.5. The van der Waals surface area contributed by atoms with Crippen molar-refractivity contribution < 1.29 is 8.78 Å². The summed E-state index contributed by atoms with van der Waals surface area (Å²) < 4.78 is 29.2. The Balaban J connectivity index is 1.89. The molecule has 0 aliphatic rings. The van der Waals surface area contributed by atoms with Crippen LogP contribution in [0.1, 0.15) is 11.1 Å². The maximum absolute atomic E-state index is 14.0. The van der Waals surface area contributed by atoms with Gasteiger partial charge in [0.05, 0.1) is 24.3 Å². The van der Waals surface area contributed by atoms with Gasteiger partial charge in [-0.25, -0.2) is 28.4 Å². The highest BCUT2D eigenvalue weighted by molar-refractivity contribution is 6.30. The molecule has 1 aromatic carbocycles. The molecule has 132 valence electrons. The second-order valence-corrected chi connectivity index (χ2v) is 5.99. The lowest BCUT2D eigenvalue weighted by Crippen LogP contribution is -2.05. The standard InChI is InChI=1S/C18H9ClF2N6/c19-16-11(6-22)7-23-17(25-16)15-13-5-12(20)8-24-18(13)27(26-15)9-10-3-1-2-4-14(10)21/h1-5,7-8H,9H2. The van der Waals surface area contributed by atoms with Crippen molar-refractivity contribution in [3.05, 3.63) is 70.6 Å². The van der Waals surface area contributed by atoms with Crippen molar-refractivity contribution in [3.8, 4) is 17.6 Å². The molecule has 0 unspecified atom stereocenters. The monoisotopic (exact) mass is 382 g/mol. The smallest absolute Gasteiger partial charge is 0.182 e. The summed E-state index contributed by atoms with van der Waals surface area (Å²) in [6, 6.07) is 9.39. The molecule has 3 aromatic heterocycles. The lowest BCUT2D eigenvalue weighted by molar-refractivity contribution is 0.588. The van der Waals surface area contributed by atoms with Gasteiger partial charge in [-0.2, -0.15) is 10.4 Å². The number of hydrogen-bond donors (Lipinski definition) is 0. The molecule has 3 heterocycles. The second-order valence-electron chi connectivity index (χ2n) is 5.63. The maximum Gasteiger partial charge on any atom is 0.182 e. The highest BCUT2D eigenvalue weighted by Crippen LogP contribution is 2.27. The first-order valence-electron chi connectivity index (χ1n) is 7.75. The molecule has 0 saturated carbocycles. The van der Waals surface area contributed by atoms with E-state index < -0.39 is 5.82 Å². The third-order valence-electron chi connectivity index (χ3n) is 3.91. The first kappa shape index (κ1) is 17.0. The van der Waals surface area contributed by atoms with E-state index in [1.807, 2.05) is 6.07 Å². The molecule has 0 bridgehead atoms. The van der Waals surface area contributed by atoms with Crippen molar-refractivity contribution >= 4 is 22.6 Å². The van der Waals surface area contributed by atoms with Crippen LogP contribution in [0.5, 0.6) is 0 Å². The Hall–Kier alpha value is -3.44. The third-order valence-corrected chi connectivity index (χ3v) is 4.19. The molecule has 4 aromatic rings. The van der Waals surface area contributed by atoms with Gasteiger partial charge in [0.15, 0.2) is 16.6 Å². The summed E-state index contributed by atoms with van der Waals surface area (Å²) in [6.07, 6.45) is 2.32. The van der Waals surface area contributed by atoms with Gasteiger partial charge in [-0.3, -0.25) is 0 Å². The largest absolute Gasteiger partial charge is 0.242 e. The van der Waals surface area contributed by atoms with E-state index in [1.165, 1.54) is 23.0 Å². The molecular formula is C18H9ClF2N6. The number of pyridine rings is 1. The van der Waals surface area contributed by atoms with E-state index in [0.29, 0.717) is 16.6 Å². The topological polar surface area (TPSA) is 80.3 Å². The minimum atomic E-state index is -0.561. The Bertz CT molecular complexity index is 1210. The zero-order valence-electron chi connectivity index (χ0n) is 13.6. The number of nitriles is 1. The van der Waals surface area contributed by atoms with Crippen LogP contribution >= 0.6 is 11.6 Å². The Morgan fingerprint density at radius 1 is 1.15 bits per heavy atom. The van der Waals surface area contributed by atoms with Crippen molar-refractivity contribution in [1.29, 1.82) is 5.26 Å². The first-order chi connectivity index (χ1) is 13.1. The van der Waals surface area contributed by atoms with Gasteiger partial charge in [0, 0.05) is 5.56 Å². The molecule has 0 spiro atoms. The summed E-state index contributed by atoms with van der Waals surface area (Å²) in [7, 11) is 0. The fraction of sp³-hybridized carbons (Fsp3) is 0.0556. The number of fused-ring (bicyclic) bond motifs is 1. The molecule has 27 heavy (non-hydrogen) atoms. The second kappa shape index (κ2) is 6.70. The van der Waals surface area contributed by atoms with Gasteiger partial charge in [0.1, 0.15) is 29.0 Å². The molecule has 0 saturated heterocycles. The Morgan fingerprint density at radius 2 is 1.96 bits per heavy atom. The highest BCUT2D eigenvalue weighted by Gasteiger charge is 2.18. The summed E-state index contributed by atoms with van der Waals surface area (Å²) in [6.45, 7) is 0.0891. The van der Waals surface area contributed by atoms with Gasteiger partial charge in [0.2, 0.25) is 0 Å². The molecule has 0 amide bonds. The van der Waals surface area contributed by atoms with Crippen LogP contribution in [-0.2, 0) is 6.54 Å². The Morgan fingerprint density at radius 3 is 2.70 bits per heavy atom. The van der Waals surface area contributed by atoms with Crippen molar-refractivity contribution in [2.24, 2.45) is 0 Å². The fourth-order valence-corrected chi connectivity index (χ4v) is 2.82. The number of halogens is 3. The zero-order valence-corrected chi connectivity index (χ0v) is 14.3. The summed E-state index contributed by atoms with van der Waals surface area (Å²) >= 11 is 5.97. The minimum absolute atomic E-state index is 0.0383. The van der Waals surface area contributed by atoms with Crippen molar-refractivity contribution in [3.63, 3.8) is 0 Å². The predicted molar refractivity (Wildman–Crippen MR) is 93.7 cm³/mol. The zero-order chi connectivity index (χ0) is 19.0. The van der Waals surface area contributed by atoms with Gasteiger partial charge in [-0.15, -0.1) is 0 Å². The lowest BCUT2D eigenvalue weighted by Gasteiger charge is -2.04. The van der Waals surface area contributed by atoms with Crippen LogP contribution < -0.4 is 0 Å². The number of benzene rings is 1. The molecule has 0 aliphatic heterocycles. The van der Waals surface area contributed by atoms with Crippen LogP contribution in [0.15, 0.2) is 42.7 Å². The number of nitrogens with zero attached hydrogens (tertiary/aromatic N) is 6. The van der Waals surface area contributed by atoms with Gasteiger partial charge in [-0.05, 0) is 12.1 Å². The Labute approximate surface area is 156 Å². The number of hydrogen-bond acceptors (Lipinski definition) is 5. The fourth-order valence-electron chi connectivity index (χ4n) is 2.65. The van der Waals surface area contributed by atoms with Crippen LogP contribution in [-0.4, -0.2) is 24.7 Å². The normalized spacial score (nSPS) is 10.9. The minimum Gasteiger partial charge on any atom is -0.242 e. The molecule has 0 aliphatic carbocycles. The summed E-state index contributed by atoms with van der Waals surface area (Å²) in [5, 5.41) is 13.7. The van der Waals surface area contributed by atoms with Gasteiger partial charge in [0.25, 0.3) is 0 Å². The summed E-state index contributed by atoms with van der Waals surface area (Å²) in [4.78, 5) is 12.2. The summed E-state index contributed by atoms with van der Waals surface area (Å²) in [5.74, 6) is -0.833. The molecule has 9 heteroatoms. The van der Waals surface area contributed by atoms with Crippen LogP contribution in [0, 0.1) is 23.0 Å². The van der Waals surface area contributed by atoms with E-state index in [9.17, 15) is 8.78 Å². The van der Waals surface area contributed by atoms with E-state index in [4.69, 9.17) is 16.9 Å². The maximum atomic E-state index is 14.0. The van der Waals surface area contributed by atoms with Crippen LogP contribution in [0.25, 0.3) is 22.6 Å². The molecule has 0 N–H and O–H groups in total. The van der Waals surface area contributed by atoms with Gasteiger partial charge in [-0.1, -0.05) is 29.8 Å². The van der Waals surface area contributed by atoms with Crippen LogP contribution in [0.3, 0.4) is 0 Å². The number of aromatic nitrogens is 5. The van der Waals surface area contributed by atoms with Crippen LogP contribution in [0.4, 0.5) is 8.78 Å². The molecule has 0 radical (unpaired) electrons. The SMILES string of the molecule is N#Cc1cnc(-c2nn(Cc3ccccc3F)c3ncc(F)cc23)nc1Cl. The number of rotatable bonds is 3. The van der Waals surface area contributed by atoms with Gasteiger partial charge < -0.3 is 0 Å². The molecule has 0 fully saturated rings. The van der Waals surface area contributed by atoms with E-state index in [-0.39, 0.29) is 34.6 Å². The molecule has 0 atom stereocenters. The van der Waals surface area contributed by atoms with Gasteiger partial charge >= 0.3 is 0 Å². The van der Waals surface area contributed by atoms with E-state index in [1.54, 1.807) is 18.2 Å². The summed E-state index contributed by atoms with van der Waals surface area (Å²) in [5.41, 5.74) is 1.09. The molecule has 6 nitrogen and oxygen atoms in total. The van der Waals surface area contributed by atoms with E-state index >= 15 is 0 Å². The van der Waals surface area contributed by atoms with E-state index in [0.717, 1.165) is 6.20 Å². The Kier molecular flexibility index (Phi) is 4.22. The van der Waals surface area contributed by atoms with E-state index in [2.05, 4.69) is 20.1 Å². The molecule has 4 rings (SSSR count). The van der Waals surface area contributed by atoms with Crippen molar-refractivity contribution in [2.45, 2.75) is 6.54 Å². The first-order valence-corrected chi connectivity index (χ1v) is 8.13. The third kappa shape index (κ3) is 3.09. The quantitative estimate of drug-likeness (QED) is 0.504. The average Bonchev–Trinajstić information content (AvgIpc) is 3.01. The molecular weight excluding hydrogens is 374 g/mol. The predicted octanol–water partition coefficient (Wildman–Crippen LogP) is 3.74. The lowest BCUT2D eigenvalue weighted by atomic mass is 10.2.